The highest BCUT2D eigenvalue weighted by atomic mass is 79.9. The van der Waals surface area contributed by atoms with Crippen molar-refractivity contribution in [2.24, 2.45) is 4.99 Å². The number of ether oxygens (including phenoxy) is 1. The van der Waals surface area contributed by atoms with E-state index in [0.717, 1.165) is 6.42 Å². The number of allylic oxidation sites excluding steroid dienone is 6. The quantitative estimate of drug-likeness (QED) is 0.306. The Kier molecular flexibility index (Phi) is 7.46. The summed E-state index contributed by atoms with van der Waals surface area (Å²) in [5, 5.41) is 0.341. The average molecular weight is 329 g/mol. The second kappa shape index (κ2) is 8.95. The molecule has 1 aliphatic rings. The average Bonchev–Trinajstić information content (AvgIpc) is 2.63. The molecule has 0 aromatic rings. The Morgan fingerprint density at radius 1 is 1.50 bits per heavy atom. The fourth-order valence-electron chi connectivity index (χ4n) is 1.31. The van der Waals surface area contributed by atoms with Crippen LogP contribution in [0.5, 0.6) is 0 Å². The molecule has 1 rings (SSSR count). The van der Waals surface area contributed by atoms with Crippen LogP contribution >= 0.6 is 27.5 Å². The predicted molar refractivity (Wildman–Crippen MR) is 82.0 cm³/mol. The minimum absolute atomic E-state index is 0.341. The molecule has 0 saturated heterocycles. The number of halogens is 2. The highest BCUT2D eigenvalue weighted by Crippen LogP contribution is 2.17. The van der Waals surface area contributed by atoms with Gasteiger partial charge in [-0.15, -0.1) is 0 Å². The summed E-state index contributed by atoms with van der Waals surface area (Å²) in [5.41, 5.74) is 1.19. The van der Waals surface area contributed by atoms with Crippen LogP contribution in [0.25, 0.3) is 0 Å². The molecule has 0 bridgehead atoms. The molecule has 0 amide bonds. The topological polar surface area (TPSA) is 21.6 Å². The zero-order valence-corrected chi connectivity index (χ0v) is 12.5. The molecule has 96 valence electrons. The van der Waals surface area contributed by atoms with E-state index in [1.165, 1.54) is 5.57 Å². The highest BCUT2D eigenvalue weighted by Gasteiger charge is 2.03. The van der Waals surface area contributed by atoms with Gasteiger partial charge in [-0.2, -0.15) is 0 Å². The largest absolute Gasteiger partial charge is 0.486 e. The first-order valence-electron chi connectivity index (χ1n) is 5.57. The standard InChI is InChI=1S/C14H15BrClNO/c1-2-17-14(16)13(9-10-15)18-11-12-7-5-3-4-6-8-12/h2-7,9-10H,8,11H2,1H3/b10-9+,14-13+,17-2?. The minimum Gasteiger partial charge on any atom is -0.486 e. The number of aliphatic imine (C=N–C) groups is 1. The van der Waals surface area contributed by atoms with Gasteiger partial charge in [-0.05, 0) is 30.0 Å². The fraction of sp³-hybridized carbons (Fsp3) is 0.214. The third kappa shape index (κ3) is 5.52. The summed E-state index contributed by atoms with van der Waals surface area (Å²) < 4.78 is 5.67. The molecule has 0 aromatic carbocycles. The maximum Gasteiger partial charge on any atom is 0.170 e. The molecule has 0 saturated carbocycles. The Morgan fingerprint density at radius 2 is 2.33 bits per heavy atom. The molecular weight excluding hydrogens is 314 g/mol. The molecule has 1 aliphatic carbocycles. The normalized spacial score (nSPS) is 16.9. The van der Waals surface area contributed by atoms with Gasteiger partial charge in [0.25, 0.3) is 0 Å². The van der Waals surface area contributed by atoms with Gasteiger partial charge in [0.1, 0.15) is 6.61 Å². The van der Waals surface area contributed by atoms with Crippen LogP contribution in [0.4, 0.5) is 0 Å². The van der Waals surface area contributed by atoms with Gasteiger partial charge in [0.05, 0.1) is 0 Å². The van der Waals surface area contributed by atoms with E-state index < -0.39 is 0 Å². The van der Waals surface area contributed by atoms with Gasteiger partial charge in [-0.1, -0.05) is 57.9 Å². The van der Waals surface area contributed by atoms with Crippen LogP contribution in [-0.2, 0) is 4.74 Å². The molecule has 0 radical (unpaired) electrons. The van der Waals surface area contributed by atoms with Crippen molar-refractivity contribution in [1.82, 2.24) is 0 Å². The van der Waals surface area contributed by atoms with Crippen LogP contribution in [-0.4, -0.2) is 12.8 Å². The highest BCUT2D eigenvalue weighted by molar-refractivity contribution is 9.11. The van der Waals surface area contributed by atoms with Crippen LogP contribution in [0.15, 0.2) is 62.9 Å². The van der Waals surface area contributed by atoms with Gasteiger partial charge in [0.15, 0.2) is 10.9 Å². The molecule has 18 heavy (non-hydrogen) atoms. The molecule has 0 heterocycles. The number of rotatable bonds is 5. The van der Waals surface area contributed by atoms with Crippen molar-refractivity contribution in [3.8, 4) is 0 Å². The second-order valence-corrected chi connectivity index (χ2v) is 4.35. The summed E-state index contributed by atoms with van der Waals surface area (Å²) in [4.78, 5) is 5.69. The third-order valence-electron chi connectivity index (χ3n) is 2.14. The molecular formula is C14H15BrClNO. The predicted octanol–water partition coefficient (Wildman–Crippen LogP) is 4.85. The Labute approximate surface area is 121 Å². The van der Waals surface area contributed by atoms with Crippen molar-refractivity contribution < 1.29 is 4.74 Å². The Morgan fingerprint density at radius 3 is 3.06 bits per heavy atom. The summed E-state index contributed by atoms with van der Waals surface area (Å²) in [7, 11) is 0. The van der Waals surface area contributed by atoms with Crippen molar-refractivity contribution in [1.29, 1.82) is 0 Å². The smallest absolute Gasteiger partial charge is 0.170 e. The molecule has 0 aliphatic heterocycles. The van der Waals surface area contributed by atoms with Crippen LogP contribution in [0.1, 0.15) is 13.3 Å². The molecule has 0 unspecified atom stereocenters. The maximum absolute atomic E-state index is 6.01. The Balaban J connectivity index is 2.69. The lowest BCUT2D eigenvalue weighted by atomic mass is 10.2. The van der Waals surface area contributed by atoms with E-state index >= 15 is 0 Å². The third-order valence-corrected chi connectivity index (χ3v) is 2.69. The summed E-state index contributed by atoms with van der Waals surface area (Å²) >= 11 is 9.22. The zero-order valence-electron chi connectivity index (χ0n) is 10.1. The van der Waals surface area contributed by atoms with E-state index in [4.69, 9.17) is 16.3 Å². The monoisotopic (exact) mass is 327 g/mol. The van der Waals surface area contributed by atoms with E-state index in [2.05, 4.69) is 27.0 Å². The van der Waals surface area contributed by atoms with Crippen LogP contribution < -0.4 is 0 Å². The lowest BCUT2D eigenvalue weighted by Crippen LogP contribution is -1.98. The Hall–Kier alpha value is -1.06. The van der Waals surface area contributed by atoms with Crippen LogP contribution in [0, 0.1) is 0 Å². The summed E-state index contributed by atoms with van der Waals surface area (Å²) in [5.74, 6) is 0.546. The summed E-state index contributed by atoms with van der Waals surface area (Å²) in [6.07, 6.45) is 14.4. The summed E-state index contributed by atoms with van der Waals surface area (Å²) in [6.45, 7) is 2.30. The van der Waals surface area contributed by atoms with Crippen molar-refractivity contribution >= 4 is 33.7 Å². The van der Waals surface area contributed by atoms with Crippen molar-refractivity contribution in [2.45, 2.75) is 13.3 Å². The van der Waals surface area contributed by atoms with Crippen LogP contribution in [0.3, 0.4) is 0 Å². The van der Waals surface area contributed by atoms with Gasteiger partial charge in [0, 0.05) is 6.21 Å². The van der Waals surface area contributed by atoms with E-state index in [9.17, 15) is 0 Å². The first-order chi connectivity index (χ1) is 8.77. The minimum atomic E-state index is 0.341. The lowest BCUT2D eigenvalue weighted by molar-refractivity contribution is 0.249. The molecule has 2 nitrogen and oxygen atoms in total. The molecule has 0 aromatic heterocycles. The van der Waals surface area contributed by atoms with E-state index in [1.807, 2.05) is 24.3 Å². The van der Waals surface area contributed by atoms with Crippen LogP contribution in [0.2, 0.25) is 0 Å². The molecule has 4 heteroatoms. The van der Waals surface area contributed by atoms with Crippen molar-refractivity contribution in [3.63, 3.8) is 0 Å². The maximum atomic E-state index is 6.01. The zero-order chi connectivity index (χ0) is 13.2. The van der Waals surface area contributed by atoms with E-state index in [1.54, 1.807) is 24.2 Å². The van der Waals surface area contributed by atoms with Crippen molar-refractivity contribution in [3.05, 3.63) is 57.9 Å². The van der Waals surface area contributed by atoms with E-state index in [-0.39, 0.29) is 0 Å². The fourth-order valence-corrected chi connectivity index (χ4v) is 1.77. The van der Waals surface area contributed by atoms with Gasteiger partial charge in [-0.3, -0.25) is 0 Å². The Bertz CT molecular complexity index is 445. The van der Waals surface area contributed by atoms with E-state index in [0.29, 0.717) is 17.5 Å². The van der Waals surface area contributed by atoms with Gasteiger partial charge < -0.3 is 4.74 Å². The van der Waals surface area contributed by atoms with Gasteiger partial charge >= 0.3 is 0 Å². The SMILES string of the molecule is CC=N/C(Cl)=C(\C=C\Br)OCC1=CC=CC=CC1. The second-order valence-electron chi connectivity index (χ2n) is 3.47. The number of hydrogen-bond donors (Lipinski definition) is 0. The van der Waals surface area contributed by atoms with Gasteiger partial charge in [-0.25, -0.2) is 4.99 Å². The first-order valence-corrected chi connectivity index (χ1v) is 6.86. The summed E-state index contributed by atoms with van der Waals surface area (Å²) in [6, 6.07) is 0. The number of hydrogen-bond acceptors (Lipinski definition) is 2. The first kappa shape index (κ1) is 15.0. The number of nitrogens with zero attached hydrogens (tertiary/aromatic N) is 1. The van der Waals surface area contributed by atoms with Crippen molar-refractivity contribution in [2.75, 3.05) is 6.61 Å². The molecule has 0 atom stereocenters. The lowest BCUT2D eigenvalue weighted by Gasteiger charge is -2.09. The molecule has 0 spiro atoms. The molecule has 0 fully saturated rings. The molecule has 0 N–H and O–H groups in total. The van der Waals surface area contributed by atoms with Gasteiger partial charge in [0.2, 0.25) is 0 Å².